The number of anilines is 2. The predicted octanol–water partition coefficient (Wildman–Crippen LogP) is 6.00. The molecule has 0 saturated heterocycles. The zero-order valence-corrected chi connectivity index (χ0v) is 17.4. The Bertz CT molecular complexity index is 1300. The number of hydrogen-bond donors (Lipinski definition) is 2. The highest BCUT2D eigenvalue weighted by Gasteiger charge is 2.18. The minimum atomic E-state index is -2.94. The van der Waals surface area contributed by atoms with E-state index in [-0.39, 0.29) is 22.1 Å². The van der Waals surface area contributed by atoms with Gasteiger partial charge in [0.05, 0.1) is 11.4 Å². The molecule has 0 spiro atoms. The summed E-state index contributed by atoms with van der Waals surface area (Å²) < 4.78 is 58.2. The number of nitrogens with two attached hydrogens (primary N) is 1. The summed E-state index contributed by atoms with van der Waals surface area (Å²) in [5.74, 6) is -0.531. The number of alkyl halides is 4. The number of fused-ring (bicyclic) bond motifs is 1. The van der Waals surface area contributed by atoms with E-state index in [1.807, 2.05) is 0 Å². The molecule has 2 aromatic carbocycles. The molecule has 0 fully saturated rings. The number of rotatable bonds is 7. The Labute approximate surface area is 188 Å². The predicted molar refractivity (Wildman–Crippen MR) is 117 cm³/mol. The molecule has 4 aromatic rings. The number of thiophene rings is 1. The lowest BCUT2D eigenvalue weighted by Gasteiger charge is -2.07. The van der Waals surface area contributed by atoms with Crippen LogP contribution < -0.4 is 20.5 Å². The van der Waals surface area contributed by atoms with Crippen LogP contribution >= 0.6 is 11.3 Å². The maximum atomic E-state index is 12.7. The topological polar surface area (TPSA) is 86.5 Å². The minimum absolute atomic E-state index is 0.000116. The number of nitrogen functional groups attached to an aromatic ring is 1. The fourth-order valence-corrected chi connectivity index (χ4v) is 4.05. The Kier molecular flexibility index (Phi) is 6.31. The van der Waals surface area contributed by atoms with Crippen molar-refractivity contribution in [2.24, 2.45) is 0 Å². The normalized spacial score (nSPS) is 11.2. The number of carbonyl (C=O) groups is 1. The third-order valence-corrected chi connectivity index (χ3v) is 5.61. The largest absolute Gasteiger partial charge is 0.435 e. The number of nitrogens with one attached hydrogen (secondary N) is 1. The molecule has 0 unspecified atom stereocenters. The van der Waals surface area contributed by atoms with Crippen molar-refractivity contribution in [3.63, 3.8) is 0 Å². The Balaban J connectivity index is 1.57. The molecule has 0 aliphatic heterocycles. The van der Waals surface area contributed by atoms with Crippen LogP contribution in [0, 0.1) is 0 Å². The molecule has 1 amide bonds. The van der Waals surface area contributed by atoms with Crippen LogP contribution in [0.1, 0.15) is 9.67 Å². The quantitative estimate of drug-likeness (QED) is 0.319. The van der Waals surface area contributed by atoms with Crippen molar-refractivity contribution in [3.05, 3.63) is 65.5 Å². The van der Waals surface area contributed by atoms with E-state index in [1.54, 1.807) is 24.3 Å². The summed E-state index contributed by atoms with van der Waals surface area (Å²) >= 11 is 1.06. The molecular weight excluding hydrogens is 462 g/mol. The zero-order valence-electron chi connectivity index (χ0n) is 16.6. The van der Waals surface area contributed by atoms with Crippen LogP contribution in [0.5, 0.6) is 11.5 Å². The van der Waals surface area contributed by atoms with Gasteiger partial charge in [-0.25, -0.2) is 4.98 Å². The SMILES string of the molecule is Nc1c(C(=O)Nc2ccc(OC(F)F)cc2)sc2nc(-c3cccc(OC(F)F)c3)ccc12. The first kappa shape index (κ1) is 22.3. The van der Waals surface area contributed by atoms with Crippen molar-refractivity contribution < 1.29 is 31.8 Å². The molecule has 0 aliphatic rings. The van der Waals surface area contributed by atoms with Gasteiger partial charge in [0.2, 0.25) is 0 Å². The minimum Gasteiger partial charge on any atom is -0.435 e. The lowest BCUT2D eigenvalue weighted by Crippen LogP contribution is -2.12. The molecule has 33 heavy (non-hydrogen) atoms. The molecule has 0 radical (unpaired) electrons. The molecule has 170 valence electrons. The summed E-state index contributed by atoms with van der Waals surface area (Å²) in [5, 5.41) is 3.21. The summed E-state index contributed by atoms with van der Waals surface area (Å²) in [6.45, 7) is -5.89. The average Bonchev–Trinajstić information content (AvgIpc) is 3.10. The van der Waals surface area contributed by atoms with Crippen LogP contribution in [0.4, 0.5) is 28.9 Å². The van der Waals surface area contributed by atoms with Crippen molar-refractivity contribution in [1.82, 2.24) is 4.98 Å². The highest BCUT2D eigenvalue weighted by Crippen LogP contribution is 2.35. The summed E-state index contributed by atoms with van der Waals surface area (Å²) in [6.07, 6.45) is 0. The second kappa shape index (κ2) is 9.33. The van der Waals surface area contributed by atoms with E-state index in [0.29, 0.717) is 27.2 Å². The molecular formula is C22H15F4N3O3S. The van der Waals surface area contributed by atoms with Gasteiger partial charge in [0.25, 0.3) is 5.91 Å². The molecule has 0 atom stereocenters. The fraction of sp³-hybridized carbons (Fsp3) is 0.0909. The first-order valence-corrected chi connectivity index (χ1v) is 10.2. The van der Waals surface area contributed by atoms with E-state index < -0.39 is 19.1 Å². The molecule has 2 aromatic heterocycles. The van der Waals surface area contributed by atoms with Gasteiger partial charge in [-0.2, -0.15) is 17.6 Å². The fourth-order valence-electron chi connectivity index (χ4n) is 3.07. The van der Waals surface area contributed by atoms with Gasteiger partial charge in [-0.05, 0) is 48.5 Å². The van der Waals surface area contributed by atoms with E-state index in [2.05, 4.69) is 19.8 Å². The number of hydrogen-bond acceptors (Lipinski definition) is 6. The molecule has 0 bridgehead atoms. The number of benzene rings is 2. The summed E-state index contributed by atoms with van der Waals surface area (Å²) in [5.41, 5.74) is 7.79. The number of ether oxygens (including phenoxy) is 2. The smallest absolute Gasteiger partial charge is 0.387 e. The number of aromatic nitrogens is 1. The third kappa shape index (κ3) is 5.14. The van der Waals surface area contributed by atoms with Gasteiger partial charge < -0.3 is 20.5 Å². The molecule has 4 rings (SSSR count). The van der Waals surface area contributed by atoms with Crippen molar-refractivity contribution in [3.8, 4) is 22.8 Å². The molecule has 0 aliphatic carbocycles. The highest BCUT2D eigenvalue weighted by molar-refractivity contribution is 7.21. The van der Waals surface area contributed by atoms with E-state index >= 15 is 0 Å². The van der Waals surface area contributed by atoms with Crippen LogP contribution in [-0.4, -0.2) is 24.1 Å². The Hall–Kier alpha value is -3.86. The van der Waals surface area contributed by atoms with E-state index in [4.69, 9.17) is 5.73 Å². The molecule has 3 N–H and O–H groups in total. The van der Waals surface area contributed by atoms with Crippen LogP contribution in [0.15, 0.2) is 60.7 Å². The van der Waals surface area contributed by atoms with E-state index in [9.17, 15) is 22.4 Å². The molecule has 11 heteroatoms. The van der Waals surface area contributed by atoms with Crippen molar-refractivity contribution >= 4 is 38.8 Å². The first-order chi connectivity index (χ1) is 15.8. The number of amides is 1. The monoisotopic (exact) mass is 477 g/mol. The standard InChI is InChI=1S/C22H15F4N3O3S/c23-21(24)31-13-6-4-12(5-7-13)28-19(30)18-17(27)15-8-9-16(29-20(15)33-18)11-2-1-3-14(10-11)32-22(25)26/h1-10,21-22H,27H2,(H,28,30). The van der Waals surface area contributed by atoms with Gasteiger partial charge in [0.15, 0.2) is 0 Å². The second-order valence-electron chi connectivity index (χ2n) is 6.66. The van der Waals surface area contributed by atoms with Gasteiger partial charge in [-0.15, -0.1) is 11.3 Å². The van der Waals surface area contributed by atoms with Crippen LogP contribution in [-0.2, 0) is 0 Å². The Morgan fingerprint density at radius 3 is 2.33 bits per heavy atom. The maximum Gasteiger partial charge on any atom is 0.387 e. The molecule has 6 nitrogen and oxygen atoms in total. The third-order valence-electron chi connectivity index (χ3n) is 4.49. The van der Waals surface area contributed by atoms with Crippen molar-refractivity contribution in [2.45, 2.75) is 13.2 Å². The van der Waals surface area contributed by atoms with Gasteiger partial charge in [0, 0.05) is 16.6 Å². The Morgan fingerprint density at radius 2 is 1.64 bits per heavy atom. The molecule has 0 saturated carbocycles. The number of nitrogens with zero attached hydrogens (tertiary/aromatic N) is 1. The number of carbonyl (C=O) groups excluding carboxylic acids is 1. The first-order valence-electron chi connectivity index (χ1n) is 9.40. The average molecular weight is 477 g/mol. The van der Waals surface area contributed by atoms with Gasteiger partial charge >= 0.3 is 13.2 Å². The Morgan fingerprint density at radius 1 is 0.939 bits per heavy atom. The highest BCUT2D eigenvalue weighted by atomic mass is 32.1. The van der Waals surface area contributed by atoms with E-state index in [0.717, 1.165) is 11.3 Å². The van der Waals surface area contributed by atoms with Gasteiger partial charge in [-0.3, -0.25) is 4.79 Å². The van der Waals surface area contributed by atoms with Gasteiger partial charge in [0.1, 0.15) is 21.2 Å². The summed E-state index contributed by atoms with van der Waals surface area (Å²) in [6, 6.07) is 14.9. The summed E-state index contributed by atoms with van der Waals surface area (Å²) in [4.78, 5) is 17.9. The van der Waals surface area contributed by atoms with E-state index in [1.165, 1.54) is 36.4 Å². The van der Waals surface area contributed by atoms with Crippen LogP contribution in [0.2, 0.25) is 0 Å². The maximum absolute atomic E-state index is 12.7. The number of pyridine rings is 1. The van der Waals surface area contributed by atoms with Crippen molar-refractivity contribution in [1.29, 1.82) is 0 Å². The summed E-state index contributed by atoms with van der Waals surface area (Å²) in [7, 11) is 0. The van der Waals surface area contributed by atoms with Crippen LogP contribution in [0.25, 0.3) is 21.5 Å². The second-order valence-corrected chi connectivity index (χ2v) is 7.66. The van der Waals surface area contributed by atoms with Gasteiger partial charge in [-0.1, -0.05) is 12.1 Å². The zero-order chi connectivity index (χ0) is 23.5. The van der Waals surface area contributed by atoms with Crippen LogP contribution in [0.3, 0.4) is 0 Å². The lowest BCUT2D eigenvalue weighted by molar-refractivity contribution is -0.0505. The lowest BCUT2D eigenvalue weighted by atomic mass is 10.1. The molecule has 2 heterocycles. The number of halogens is 4. The van der Waals surface area contributed by atoms with Crippen molar-refractivity contribution in [2.75, 3.05) is 11.1 Å².